The number of carbonyl (C=O) groups excluding carboxylic acids is 1. The topological polar surface area (TPSA) is 29.1 Å². The maximum absolute atomic E-state index is 10.3. The molecule has 0 aliphatic rings. The molecular weight excluding hydrogens is 182 g/mol. The lowest BCUT2D eigenvalue weighted by Crippen LogP contribution is -2.07. The van der Waals surface area contributed by atoms with Crippen molar-refractivity contribution in [2.45, 2.75) is 33.6 Å². The summed E-state index contributed by atoms with van der Waals surface area (Å²) in [4.78, 5) is 11.5. The van der Waals surface area contributed by atoms with E-state index in [1.165, 1.54) is 4.91 Å². The van der Waals surface area contributed by atoms with E-state index in [9.17, 15) is 4.79 Å². The first kappa shape index (κ1) is 12.3. The fraction of sp³-hybridized carbons (Fsp3) is 0.500. The van der Waals surface area contributed by atoms with Crippen LogP contribution in [0.5, 0.6) is 0 Å². The lowest BCUT2D eigenvalue weighted by Gasteiger charge is -2.06. The molecule has 1 N–H and O–H groups in total. The summed E-state index contributed by atoms with van der Waals surface area (Å²) in [5, 5.41) is 3.61. The summed E-state index contributed by atoms with van der Waals surface area (Å²) in [5.74, 6) is 0. The number of nitrogens with one attached hydrogen (secondary N) is 1. The minimum absolute atomic E-state index is 0.720. The highest BCUT2D eigenvalue weighted by Crippen LogP contribution is 2.25. The molecule has 0 radical (unpaired) electrons. The van der Waals surface area contributed by atoms with Gasteiger partial charge in [-0.25, -0.2) is 0 Å². The molecule has 0 aliphatic heterocycles. The summed E-state index contributed by atoms with van der Waals surface area (Å²) in [5.41, 5.74) is 0. The van der Waals surface area contributed by atoms with Gasteiger partial charge in [0.25, 0.3) is 0 Å². The maximum atomic E-state index is 10.3. The number of allylic oxidation sites excluding steroid dienone is 3. The van der Waals surface area contributed by atoms with E-state index in [0.717, 1.165) is 24.3 Å². The summed E-state index contributed by atoms with van der Waals surface area (Å²) in [6.07, 6.45) is 6.74. The van der Waals surface area contributed by atoms with Crippen molar-refractivity contribution in [2.75, 3.05) is 0 Å². The van der Waals surface area contributed by atoms with E-state index in [0.29, 0.717) is 0 Å². The van der Waals surface area contributed by atoms with E-state index in [1.807, 2.05) is 19.9 Å². The Kier molecular flexibility index (Phi) is 7.50. The zero-order valence-electron chi connectivity index (χ0n) is 8.46. The fourth-order valence-electron chi connectivity index (χ4n) is 0.850. The van der Waals surface area contributed by atoms with Crippen LogP contribution >= 0.6 is 11.8 Å². The Morgan fingerprint density at radius 1 is 1.46 bits per heavy atom. The molecule has 0 spiro atoms. The Labute approximate surface area is 84.5 Å². The molecule has 0 saturated heterocycles. The summed E-state index contributed by atoms with van der Waals surface area (Å²) < 4.78 is 0. The molecule has 0 saturated carbocycles. The molecule has 0 unspecified atom stereocenters. The second kappa shape index (κ2) is 7.92. The van der Waals surface area contributed by atoms with Crippen molar-refractivity contribution < 1.29 is 4.79 Å². The standard InChI is InChI=1S/C10H17NOS/c1-4-7-10(11-8-12)13-9(5-2)6-3/h5,7-8H,4,6H2,1-3H3,(H,11,12)/b9-5-,10-7+. The van der Waals surface area contributed by atoms with Crippen LogP contribution in [-0.2, 0) is 4.79 Å². The number of rotatable bonds is 6. The summed E-state index contributed by atoms with van der Waals surface area (Å²) >= 11 is 1.62. The van der Waals surface area contributed by atoms with Gasteiger partial charge in [0.2, 0.25) is 6.41 Å². The second-order valence-corrected chi connectivity index (χ2v) is 3.62. The van der Waals surface area contributed by atoms with E-state index in [4.69, 9.17) is 0 Å². The van der Waals surface area contributed by atoms with Gasteiger partial charge in [-0.1, -0.05) is 37.8 Å². The number of hydrogen-bond acceptors (Lipinski definition) is 2. The Morgan fingerprint density at radius 3 is 2.54 bits per heavy atom. The van der Waals surface area contributed by atoms with Crippen LogP contribution in [0.1, 0.15) is 33.6 Å². The largest absolute Gasteiger partial charge is 0.323 e. The van der Waals surface area contributed by atoms with Crippen molar-refractivity contribution in [3.63, 3.8) is 0 Å². The molecule has 74 valence electrons. The molecule has 0 fully saturated rings. The normalized spacial score (nSPS) is 12.8. The van der Waals surface area contributed by atoms with Gasteiger partial charge in [0.05, 0.1) is 5.03 Å². The van der Waals surface area contributed by atoms with Gasteiger partial charge in [0.1, 0.15) is 0 Å². The maximum Gasteiger partial charge on any atom is 0.211 e. The molecule has 0 heterocycles. The zero-order valence-corrected chi connectivity index (χ0v) is 9.28. The van der Waals surface area contributed by atoms with Crippen LogP contribution in [0.25, 0.3) is 0 Å². The van der Waals surface area contributed by atoms with Crippen molar-refractivity contribution in [3.8, 4) is 0 Å². The molecule has 1 amide bonds. The van der Waals surface area contributed by atoms with E-state index in [1.54, 1.807) is 11.8 Å². The Morgan fingerprint density at radius 2 is 2.15 bits per heavy atom. The summed E-state index contributed by atoms with van der Waals surface area (Å²) in [6.45, 7) is 6.16. The number of thioether (sulfide) groups is 1. The number of hydrogen-bond donors (Lipinski definition) is 1. The molecule has 13 heavy (non-hydrogen) atoms. The average molecular weight is 199 g/mol. The molecule has 3 heteroatoms. The fourth-order valence-corrected chi connectivity index (χ4v) is 1.75. The number of amides is 1. The lowest BCUT2D eigenvalue weighted by molar-refractivity contribution is -0.108. The number of carbonyl (C=O) groups is 1. The van der Waals surface area contributed by atoms with Crippen molar-refractivity contribution in [2.24, 2.45) is 0 Å². The van der Waals surface area contributed by atoms with Gasteiger partial charge in [-0.05, 0) is 24.7 Å². The smallest absolute Gasteiger partial charge is 0.211 e. The zero-order chi connectivity index (χ0) is 10.1. The third kappa shape index (κ3) is 5.53. The Hall–Kier alpha value is -0.700. The van der Waals surface area contributed by atoms with Crippen molar-refractivity contribution in [1.29, 1.82) is 0 Å². The minimum Gasteiger partial charge on any atom is -0.323 e. The van der Waals surface area contributed by atoms with E-state index in [-0.39, 0.29) is 0 Å². The highest BCUT2D eigenvalue weighted by molar-refractivity contribution is 8.06. The van der Waals surface area contributed by atoms with Crippen LogP contribution < -0.4 is 5.32 Å². The van der Waals surface area contributed by atoms with Crippen molar-refractivity contribution >= 4 is 18.2 Å². The molecule has 0 bridgehead atoms. The lowest BCUT2D eigenvalue weighted by atomic mass is 10.4. The summed E-state index contributed by atoms with van der Waals surface area (Å²) in [6, 6.07) is 0. The third-order valence-electron chi connectivity index (χ3n) is 1.50. The van der Waals surface area contributed by atoms with Gasteiger partial charge in [-0.3, -0.25) is 4.79 Å². The van der Waals surface area contributed by atoms with Crippen molar-refractivity contribution in [3.05, 3.63) is 22.1 Å². The van der Waals surface area contributed by atoms with Crippen LogP contribution in [0.3, 0.4) is 0 Å². The monoisotopic (exact) mass is 199 g/mol. The van der Waals surface area contributed by atoms with E-state index < -0.39 is 0 Å². The van der Waals surface area contributed by atoms with Crippen LogP contribution in [0.15, 0.2) is 22.1 Å². The SMILES string of the molecule is C/C=C(/CC)S/C(=C/CC)NC=O. The molecule has 0 aromatic heterocycles. The molecule has 0 rings (SSSR count). The van der Waals surface area contributed by atoms with Gasteiger partial charge in [-0.15, -0.1) is 0 Å². The van der Waals surface area contributed by atoms with Crippen LogP contribution in [-0.4, -0.2) is 6.41 Å². The molecule has 0 atom stereocenters. The predicted octanol–water partition coefficient (Wildman–Crippen LogP) is 3.03. The van der Waals surface area contributed by atoms with Crippen LogP contribution in [0, 0.1) is 0 Å². The van der Waals surface area contributed by atoms with Crippen LogP contribution in [0.4, 0.5) is 0 Å². The van der Waals surface area contributed by atoms with E-state index >= 15 is 0 Å². The first-order valence-electron chi connectivity index (χ1n) is 4.51. The molecule has 0 aromatic rings. The Balaban J connectivity index is 4.24. The van der Waals surface area contributed by atoms with Gasteiger partial charge in [0, 0.05) is 0 Å². The minimum atomic E-state index is 0.720. The van der Waals surface area contributed by atoms with Gasteiger partial charge >= 0.3 is 0 Å². The van der Waals surface area contributed by atoms with Crippen LogP contribution in [0.2, 0.25) is 0 Å². The highest BCUT2D eigenvalue weighted by atomic mass is 32.2. The molecule has 0 aromatic carbocycles. The first-order valence-corrected chi connectivity index (χ1v) is 5.33. The molecular formula is C10H17NOS. The molecule has 0 aliphatic carbocycles. The first-order chi connectivity index (χ1) is 6.28. The van der Waals surface area contributed by atoms with Gasteiger partial charge in [0.15, 0.2) is 0 Å². The molecule has 2 nitrogen and oxygen atoms in total. The highest BCUT2D eigenvalue weighted by Gasteiger charge is 1.99. The third-order valence-corrected chi connectivity index (χ3v) is 2.79. The average Bonchev–Trinajstić information content (AvgIpc) is 2.14. The predicted molar refractivity (Wildman–Crippen MR) is 59.2 cm³/mol. The second-order valence-electron chi connectivity index (χ2n) is 2.45. The van der Waals surface area contributed by atoms with E-state index in [2.05, 4.69) is 18.3 Å². The quantitative estimate of drug-likeness (QED) is 0.666. The van der Waals surface area contributed by atoms with Gasteiger partial charge < -0.3 is 5.32 Å². The van der Waals surface area contributed by atoms with Gasteiger partial charge in [-0.2, -0.15) is 0 Å². The van der Waals surface area contributed by atoms with Crippen molar-refractivity contribution in [1.82, 2.24) is 5.32 Å². The Bertz CT molecular complexity index is 209. The summed E-state index contributed by atoms with van der Waals surface area (Å²) in [7, 11) is 0.